The number of nitrogens with zero attached hydrogens (tertiary/aromatic N) is 1. The van der Waals surface area contributed by atoms with E-state index in [1.807, 2.05) is 6.92 Å². The third kappa shape index (κ3) is 4.25. The summed E-state index contributed by atoms with van der Waals surface area (Å²) in [6, 6.07) is -0.102. The predicted molar refractivity (Wildman–Crippen MR) is 73.3 cm³/mol. The van der Waals surface area contributed by atoms with Crippen molar-refractivity contribution in [1.82, 2.24) is 10.2 Å². The first-order chi connectivity index (χ1) is 8.38. The topological polar surface area (TPSA) is 52.6 Å². The fourth-order valence-electron chi connectivity index (χ4n) is 2.44. The van der Waals surface area contributed by atoms with Crippen molar-refractivity contribution in [3.05, 3.63) is 0 Å². The zero-order chi connectivity index (χ0) is 13.8. The van der Waals surface area contributed by atoms with Crippen LogP contribution in [0.2, 0.25) is 0 Å². The summed E-state index contributed by atoms with van der Waals surface area (Å²) in [5, 5.41) is 12.4. The highest BCUT2D eigenvalue weighted by Crippen LogP contribution is 2.29. The van der Waals surface area contributed by atoms with Crippen molar-refractivity contribution in [2.45, 2.75) is 46.6 Å². The SMILES string of the molecule is CC(C)CNC(=O)C(C)N1CCCC(C)(CO)C1. The van der Waals surface area contributed by atoms with Crippen LogP contribution in [0.25, 0.3) is 0 Å². The van der Waals surface area contributed by atoms with Gasteiger partial charge >= 0.3 is 0 Å². The average Bonchev–Trinajstić information content (AvgIpc) is 2.35. The van der Waals surface area contributed by atoms with E-state index >= 15 is 0 Å². The van der Waals surface area contributed by atoms with Gasteiger partial charge in [0.2, 0.25) is 5.91 Å². The Balaban J connectivity index is 2.50. The van der Waals surface area contributed by atoms with Gasteiger partial charge in [0.1, 0.15) is 0 Å². The molecule has 0 saturated carbocycles. The number of nitrogens with one attached hydrogen (secondary N) is 1. The molecule has 0 radical (unpaired) electrons. The van der Waals surface area contributed by atoms with Gasteiger partial charge in [-0.15, -0.1) is 0 Å². The molecule has 1 heterocycles. The van der Waals surface area contributed by atoms with E-state index in [1.165, 1.54) is 0 Å². The summed E-state index contributed by atoms with van der Waals surface area (Å²) in [6.07, 6.45) is 2.10. The highest BCUT2D eigenvalue weighted by molar-refractivity contribution is 5.81. The summed E-state index contributed by atoms with van der Waals surface area (Å²) in [5.41, 5.74) is -0.0508. The molecule has 4 heteroatoms. The maximum absolute atomic E-state index is 12.0. The number of rotatable bonds is 5. The van der Waals surface area contributed by atoms with Crippen LogP contribution in [-0.4, -0.2) is 48.2 Å². The lowest BCUT2D eigenvalue weighted by molar-refractivity contribution is -0.127. The van der Waals surface area contributed by atoms with Gasteiger partial charge in [-0.25, -0.2) is 0 Å². The van der Waals surface area contributed by atoms with Crippen LogP contribution in [0.4, 0.5) is 0 Å². The van der Waals surface area contributed by atoms with Crippen LogP contribution in [0, 0.1) is 11.3 Å². The van der Waals surface area contributed by atoms with Crippen molar-refractivity contribution in [3.63, 3.8) is 0 Å². The molecule has 1 aliphatic rings. The molecule has 0 aromatic carbocycles. The van der Waals surface area contributed by atoms with Crippen LogP contribution in [0.5, 0.6) is 0 Å². The van der Waals surface area contributed by atoms with E-state index in [0.717, 1.165) is 32.5 Å². The van der Waals surface area contributed by atoms with E-state index in [-0.39, 0.29) is 24.0 Å². The molecule has 2 unspecified atom stereocenters. The first-order valence-corrected chi connectivity index (χ1v) is 7.00. The van der Waals surface area contributed by atoms with Gasteiger partial charge in [-0.2, -0.15) is 0 Å². The van der Waals surface area contributed by atoms with Gasteiger partial charge < -0.3 is 10.4 Å². The van der Waals surface area contributed by atoms with Crippen molar-refractivity contribution in [2.75, 3.05) is 26.2 Å². The Kier molecular flexibility index (Phi) is 5.60. The van der Waals surface area contributed by atoms with Gasteiger partial charge in [-0.05, 0) is 32.2 Å². The van der Waals surface area contributed by atoms with Crippen LogP contribution in [-0.2, 0) is 4.79 Å². The molecule has 1 aliphatic heterocycles. The van der Waals surface area contributed by atoms with Gasteiger partial charge in [-0.3, -0.25) is 9.69 Å². The van der Waals surface area contributed by atoms with Crippen molar-refractivity contribution in [1.29, 1.82) is 0 Å². The Morgan fingerprint density at radius 2 is 2.11 bits per heavy atom. The molecule has 1 saturated heterocycles. The second-order valence-corrected chi connectivity index (χ2v) is 6.36. The normalized spacial score (nSPS) is 27.2. The van der Waals surface area contributed by atoms with E-state index < -0.39 is 0 Å². The van der Waals surface area contributed by atoms with Gasteiger partial charge in [0.25, 0.3) is 0 Å². The maximum Gasteiger partial charge on any atom is 0.237 e. The Morgan fingerprint density at radius 3 is 2.67 bits per heavy atom. The number of hydrogen-bond donors (Lipinski definition) is 2. The lowest BCUT2D eigenvalue weighted by Crippen LogP contribution is -2.52. The summed E-state index contributed by atoms with van der Waals surface area (Å²) >= 11 is 0. The van der Waals surface area contributed by atoms with E-state index in [1.54, 1.807) is 0 Å². The molecule has 4 nitrogen and oxygen atoms in total. The van der Waals surface area contributed by atoms with Crippen molar-refractivity contribution < 1.29 is 9.90 Å². The third-order valence-electron chi connectivity index (χ3n) is 3.80. The molecule has 2 N–H and O–H groups in total. The van der Waals surface area contributed by atoms with Gasteiger partial charge in [0, 0.05) is 25.1 Å². The summed E-state index contributed by atoms with van der Waals surface area (Å²) in [7, 11) is 0. The Bertz CT molecular complexity index is 281. The molecule has 1 rings (SSSR count). The molecule has 1 amide bonds. The molecule has 0 bridgehead atoms. The molecule has 106 valence electrons. The maximum atomic E-state index is 12.0. The fourth-order valence-corrected chi connectivity index (χ4v) is 2.44. The smallest absolute Gasteiger partial charge is 0.237 e. The molecule has 1 fully saturated rings. The average molecular weight is 256 g/mol. The minimum absolute atomic E-state index is 0.0508. The molecule has 0 aromatic rings. The summed E-state index contributed by atoms with van der Waals surface area (Å²) in [6.45, 7) is 10.9. The Hall–Kier alpha value is -0.610. The summed E-state index contributed by atoms with van der Waals surface area (Å²) in [5.74, 6) is 0.580. The standard InChI is InChI=1S/C14H28N2O2/c1-11(2)8-15-13(18)12(3)16-7-5-6-14(4,9-16)10-17/h11-12,17H,5-10H2,1-4H3,(H,15,18). The van der Waals surface area contributed by atoms with E-state index in [9.17, 15) is 9.90 Å². The molecule has 0 aliphatic carbocycles. The van der Waals surface area contributed by atoms with Crippen molar-refractivity contribution >= 4 is 5.91 Å². The zero-order valence-corrected chi connectivity index (χ0v) is 12.2. The monoisotopic (exact) mass is 256 g/mol. The van der Waals surface area contributed by atoms with E-state index in [4.69, 9.17) is 0 Å². The van der Waals surface area contributed by atoms with Gasteiger partial charge in [0.05, 0.1) is 6.04 Å². The van der Waals surface area contributed by atoms with Gasteiger partial charge in [-0.1, -0.05) is 20.8 Å². The van der Waals surface area contributed by atoms with Crippen molar-refractivity contribution in [3.8, 4) is 0 Å². The largest absolute Gasteiger partial charge is 0.396 e. The molecule has 0 aromatic heterocycles. The summed E-state index contributed by atoms with van der Waals surface area (Å²) < 4.78 is 0. The van der Waals surface area contributed by atoms with Crippen LogP contribution >= 0.6 is 0 Å². The number of amides is 1. The van der Waals surface area contributed by atoms with Crippen LogP contribution in [0.3, 0.4) is 0 Å². The lowest BCUT2D eigenvalue weighted by atomic mass is 9.82. The molecule has 0 spiro atoms. The lowest BCUT2D eigenvalue weighted by Gasteiger charge is -2.41. The highest BCUT2D eigenvalue weighted by atomic mass is 16.3. The number of aliphatic hydroxyl groups excluding tert-OH is 1. The van der Waals surface area contributed by atoms with Gasteiger partial charge in [0.15, 0.2) is 0 Å². The first kappa shape index (κ1) is 15.4. The highest BCUT2D eigenvalue weighted by Gasteiger charge is 2.34. The Labute approximate surface area is 111 Å². The number of aliphatic hydroxyl groups is 1. The number of carbonyl (C=O) groups is 1. The zero-order valence-electron chi connectivity index (χ0n) is 12.2. The van der Waals surface area contributed by atoms with E-state index in [0.29, 0.717) is 5.92 Å². The van der Waals surface area contributed by atoms with Crippen molar-refractivity contribution in [2.24, 2.45) is 11.3 Å². The summed E-state index contributed by atoms with van der Waals surface area (Å²) in [4.78, 5) is 14.2. The second-order valence-electron chi connectivity index (χ2n) is 6.36. The fraction of sp³-hybridized carbons (Fsp3) is 0.929. The van der Waals surface area contributed by atoms with Crippen LogP contribution in [0.1, 0.15) is 40.5 Å². The second kappa shape index (κ2) is 6.53. The molecular weight excluding hydrogens is 228 g/mol. The molecule has 18 heavy (non-hydrogen) atoms. The van der Waals surface area contributed by atoms with Crippen LogP contribution in [0.15, 0.2) is 0 Å². The minimum Gasteiger partial charge on any atom is -0.396 e. The predicted octanol–water partition coefficient (Wildman–Crippen LogP) is 1.24. The van der Waals surface area contributed by atoms with E-state index in [2.05, 4.69) is 31.0 Å². The third-order valence-corrected chi connectivity index (χ3v) is 3.80. The molecule has 2 atom stereocenters. The number of hydrogen-bond acceptors (Lipinski definition) is 3. The molecular formula is C14H28N2O2. The minimum atomic E-state index is -0.102. The van der Waals surface area contributed by atoms with Crippen LogP contribution < -0.4 is 5.32 Å². The number of piperidine rings is 1. The number of carbonyl (C=O) groups excluding carboxylic acids is 1. The quantitative estimate of drug-likeness (QED) is 0.778. The Morgan fingerprint density at radius 1 is 1.44 bits per heavy atom. The first-order valence-electron chi connectivity index (χ1n) is 7.00. The number of likely N-dealkylation sites (tertiary alicyclic amines) is 1.